The molecule has 0 radical (unpaired) electrons. The summed E-state index contributed by atoms with van der Waals surface area (Å²) in [5.74, 6) is -4.17. The Morgan fingerprint density at radius 1 is 0.857 bits per heavy atom. The Balaban J connectivity index is 1.43. The van der Waals surface area contributed by atoms with Crippen LogP contribution in [0.3, 0.4) is 0 Å². The number of nitrogens with two attached hydrogens (primary N) is 1. The predicted molar refractivity (Wildman–Crippen MR) is 186 cm³/mol. The number of aliphatic carboxylic acids is 1. The van der Waals surface area contributed by atoms with Crippen LogP contribution in [-0.2, 0) is 41.6 Å². The molecule has 0 aliphatic carbocycles. The summed E-state index contributed by atoms with van der Waals surface area (Å²) in [6, 6.07) is 11.3. The van der Waals surface area contributed by atoms with Crippen molar-refractivity contribution in [3.8, 4) is 0 Å². The standard InChI is InChI=1S/C33H39N7O7S2/c34-22-17-48-49-18-26(33(46)47)37-28(41)16-36-30(43)24(14-20-15-35-23-10-5-4-9-21(20)23)38-31(44)27-11-6-12-40(27)32(45)25(39-29(22)42)13-19-7-2-1-3-8-19/h1-5,7-10,15,22,24-27,35H,6,11-14,16-18,34H2,(H,36,43)(H,37,41)(H,38,44)(H,39,42)(H,46,47)/t22-,24-,25-,26-,27-/m0/s1. The van der Waals surface area contributed by atoms with Gasteiger partial charge < -0.3 is 42.0 Å². The van der Waals surface area contributed by atoms with E-state index >= 15 is 0 Å². The Labute approximate surface area is 290 Å². The first-order valence-corrected chi connectivity index (χ1v) is 18.4. The number of hydrogen-bond donors (Lipinski definition) is 7. The first-order chi connectivity index (χ1) is 23.6. The zero-order chi connectivity index (χ0) is 34.9. The van der Waals surface area contributed by atoms with Crippen LogP contribution in [0.1, 0.15) is 24.0 Å². The molecular formula is C33H39N7O7S2. The number of nitrogens with one attached hydrogen (secondary N) is 5. The Morgan fingerprint density at radius 2 is 1.57 bits per heavy atom. The number of amides is 5. The lowest BCUT2D eigenvalue weighted by Gasteiger charge is -2.30. The van der Waals surface area contributed by atoms with Crippen LogP contribution in [0.25, 0.3) is 10.9 Å². The Hall–Kier alpha value is -4.54. The number of H-pyrrole nitrogens is 1. The third-order valence-corrected chi connectivity index (χ3v) is 10.9. The summed E-state index contributed by atoms with van der Waals surface area (Å²) < 4.78 is 0. The van der Waals surface area contributed by atoms with Crippen molar-refractivity contribution in [2.45, 2.75) is 55.9 Å². The molecule has 49 heavy (non-hydrogen) atoms. The van der Waals surface area contributed by atoms with Gasteiger partial charge in [-0.25, -0.2) is 4.79 Å². The monoisotopic (exact) mass is 709 g/mol. The van der Waals surface area contributed by atoms with Gasteiger partial charge >= 0.3 is 5.97 Å². The molecule has 2 aliphatic heterocycles. The van der Waals surface area contributed by atoms with Crippen LogP contribution in [0, 0.1) is 0 Å². The summed E-state index contributed by atoms with van der Waals surface area (Å²) in [4.78, 5) is 83.9. The predicted octanol–water partition coefficient (Wildman–Crippen LogP) is 0.322. The van der Waals surface area contributed by atoms with E-state index in [1.807, 2.05) is 54.6 Å². The highest BCUT2D eigenvalue weighted by molar-refractivity contribution is 8.76. The fourth-order valence-corrected chi connectivity index (χ4v) is 8.13. The third kappa shape index (κ3) is 9.33. The molecule has 16 heteroatoms. The van der Waals surface area contributed by atoms with E-state index in [0.29, 0.717) is 12.8 Å². The smallest absolute Gasteiger partial charge is 0.327 e. The number of rotatable bonds is 5. The van der Waals surface area contributed by atoms with E-state index in [1.165, 1.54) is 4.90 Å². The Morgan fingerprint density at radius 3 is 2.35 bits per heavy atom. The van der Waals surface area contributed by atoms with Gasteiger partial charge in [0.1, 0.15) is 24.2 Å². The highest BCUT2D eigenvalue weighted by Crippen LogP contribution is 2.24. The number of fused-ring (bicyclic) bond motifs is 2. The second-order valence-corrected chi connectivity index (χ2v) is 14.5. The van der Waals surface area contributed by atoms with Crippen molar-refractivity contribution in [1.82, 2.24) is 31.2 Å². The first kappa shape index (κ1) is 35.8. The number of carbonyl (C=O) groups is 6. The number of nitrogens with zero attached hydrogens (tertiary/aromatic N) is 1. The van der Waals surface area contributed by atoms with Crippen molar-refractivity contribution in [3.63, 3.8) is 0 Å². The molecular weight excluding hydrogens is 671 g/mol. The van der Waals surface area contributed by atoms with Gasteiger partial charge in [0.15, 0.2) is 0 Å². The fraction of sp³-hybridized carbons (Fsp3) is 0.394. The number of benzene rings is 2. The second-order valence-electron chi connectivity index (χ2n) is 11.9. The van der Waals surface area contributed by atoms with E-state index in [1.54, 1.807) is 6.20 Å². The summed E-state index contributed by atoms with van der Waals surface area (Å²) in [6.07, 6.45) is 2.86. The molecule has 0 bridgehead atoms. The zero-order valence-corrected chi connectivity index (χ0v) is 28.2. The molecule has 5 amide bonds. The average Bonchev–Trinajstić information content (AvgIpc) is 3.75. The molecule has 14 nitrogen and oxygen atoms in total. The number of aromatic nitrogens is 1. The molecule has 8 N–H and O–H groups in total. The van der Waals surface area contributed by atoms with Crippen molar-refractivity contribution < 1.29 is 33.9 Å². The van der Waals surface area contributed by atoms with Crippen LogP contribution in [-0.4, -0.2) is 105 Å². The van der Waals surface area contributed by atoms with Crippen LogP contribution in [0.15, 0.2) is 60.8 Å². The number of hydrogen-bond acceptors (Lipinski definition) is 9. The van der Waals surface area contributed by atoms with Crippen LogP contribution >= 0.6 is 21.6 Å². The normalized spacial score (nSPS) is 25.1. The minimum absolute atomic E-state index is 0.0429. The SMILES string of the molecule is N[C@H]1CSSC[C@@H](C(=O)O)NC(=O)CNC(=O)[C@H](Cc2c[nH]c3ccccc23)NC(=O)[C@@H]2CCCN2C(=O)[C@H](Cc2ccccc2)NC1=O. The van der Waals surface area contributed by atoms with Crippen LogP contribution in [0.5, 0.6) is 0 Å². The molecule has 2 aromatic carbocycles. The van der Waals surface area contributed by atoms with Crippen molar-refractivity contribution in [2.75, 3.05) is 24.6 Å². The van der Waals surface area contributed by atoms with E-state index in [9.17, 15) is 33.9 Å². The van der Waals surface area contributed by atoms with E-state index < -0.39 is 72.3 Å². The molecule has 5 rings (SSSR count). The summed E-state index contributed by atoms with van der Waals surface area (Å²) in [7, 11) is 2.27. The largest absolute Gasteiger partial charge is 0.480 e. The highest BCUT2D eigenvalue weighted by Gasteiger charge is 2.39. The Bertz CT molecular complexity index is 1690. The van der Waals surface area contributed by atoms with Crippen molar-refractivity contribution in [3.05, 3.63) is 71.9 Å². The number of carbonyl (C=O) groups excluding carboxylic acids is 5. The molecule has 2 aliphatic rings. The minimum atomic E-state index is -1.28. The maximum atomic E-state index is 14.1. The zero-order valence-electron chi connectivity index (χ0n) is 26.6. The molecule has 2 fully saturated rings. The Kier molecular flexibility index (Phi) is 12.2. The van der Waals surface area contributed by atoms with Crippen molar-refractivity contribution in [1.29, 1.82) is 0 Å². The lowest BCUT2D eigenvalue weighted by Crippen LogP contribution is -2.58. The third-order valence-electron chi connectivity index (χ3n) is 8.43. The van der Waals surface area contributed by atoms with Gasteiger partial charge in [0.05, 0.1) is 12.6 Å². The number of aromatic amines is 1. The van der Waals surface area contributed by atoms with Gasteiger partial charge in [0.2, 0.25) is 29.5 Å². The molecule has 260 valence electrons. The maximum absolute atomic E-state index is 14.1. The quantitative estimate of drug-likeness (QED) is 0.180. The van der Waals surface area contributed by atoms with Crippen molar-refractivity contribution in [2.24, 2.45) is 5.73 Å². The number of para-hydroxylation sites is 1. The lowest BCUT2D eigenvalue weighted by atomic mass is 10.0. The number of carboxylic acids is 1. The second kappa shape index (κ2) is 16.7. The highest BCUT2D eigenvalue weighted by atomic mass is 33.1. The maximum Gasteiger partial charge on any atom is 0.327 e. The van der Waals surface area contributed by atoms with Gasteiger partial charge in [-0.05, 0) is 30.0 Å². The molecule has 0 spiro atoms. The summed E-state index contributed by atoms with van der Waals surface area (Å²) >= 11 is 0. The molecule has 0 unspecified atom stereocenters. The summed E-state index contributed by atoms with van der Waals surface area (Å²) in [5, 5.41) is 21.0. The van der Waals surface area contributed by atoms with E-state index in [4.69, 9.17) is 5.73 Å². The van der Waals surface area contributed by atoms with E-state index in [2.05, 4.69) is 26.3 Å². The minimum Gasteiger partial charge on any atom is -0.480 e. The number of carboxylic acid groups (broad SMARTS) is 1. The average molecular weight is 710 g/mol. The molecule has 3 heterocycles. The fourth-order valence-electron chi connectivity index (χ4n) is 5.85. The summed E-state index contributed by atoms with van der Waals surface area (Å²) in [5.41, 5.74) is 8.55. The van der Waals surface area contributed by atoms with Crippen molar-refractivity contribution >= 4 is 68.0 Å². The summed E-state index contributed by atoms with van der Waals surface area (Å²) in [6.45, 7) is -0.248. The van der Waals surface area contributed by atoms with Gasteiger partial charge in [-0.1, -0.05) is 70.1 Å². The lowest BCUT2D eigenvalue weighted by molar-refractivity contribution is -0.142. The van der Waals surface area contributed by atoms with Crippen LogP contribution < -0.4 is 27.0 Å². The molecule has 1 aromatic heterocycles. The molecule has 3 aromatic rings. The topological polar surface area (TPSA) is 216 Å². The van der Waals surface area contributed by atoms with Gasteiger partial charge in [0, 0.05) is 48.0 Å². The van der Waals surface area contributed by atoms with Crippen LogP contribution in [0.4, 0.5) is 0 Å². The molecule has 2 saturated heterocycles. The van der Waals surface area contributed by atoms with Gasteiger partial charge in [-0.15, -0.1) is 0 Å². The van der Waals surface area contributed by atoms with Gasteiger partial charge in [-0.2, -0.15) is 0 Å². The van der Waals surface area contributed by atoms with Gasteiger partial charge in [-0.3, -0.25) is 24.0 Å². The van der Waals surface area contributed by atoms with E-state index in [-0.39, 0.29) is 30.9 Å². The first-order valence-electron chi connectivity index (χ1n) is 15.9. The molecule has 0 saturated carbocycles. The van der Waals surface area contributed by atoms with Gasteiger partial charge in [0.25, 0.3) is 0 Å². The molecule has 5 atom stereocenters. The van der Waals surface area contributed by atoms with E-state index in [0.717, 1.165) is 43.6 Å². The van der Waals surface area contributed by atoms with Crippen LogP contribution in [0.2, 0.25) is 0 Å².